The minimum Gasteiger partial charge on any atom is -0.472 e. The van der Waals surface area contributed by atoms with Gasteiger partial charge in [-0.3, -0.25) is 14.4 Å². The van der Waals surface area contributed by atoms with Crippen LogP contribution in [0.15, 0.2) is 23.0 Å². The topological polar surface area (TPSA) is 128 Å². The first-order chi connectivity index (χ1) is 16.8. The van der Waals surface area contributed by atoms with Gasteiger partial charge < -0.3 is 28.1 Å². The number of fused-ring (bicyclic) bond motifs is 1. The van der Waals surface area contributed by atoms with E-state index in [1.165, 1.54) is 39.4 Å². The minimum absolute atomic E-state index is 0.0717. The van der Waals surface area contributed by atoms with Crippen molar-refractivity contribution in [1.29, 1.82) is 0 Å². The first-order valence-electron chi connectivity index (χ1n) is 12.2. The summed E-state index contributed by atoms with van der Waals surface area (Å²) in [6, 6.07) is 1.46. The lowest BCUT2D eigenvalue weighted by Gasteiger charge is -2.61. The molecule has 2 aliphatic carbocycles. The minimum atomic E-state index is -1.34. The summed E-state index contributed by atoms with van der Waals surface area (Å²) in [5, 5.41) is 0. The molecule has 4 rings (SSSR count). The van der Waals surface area contributed by atoms with E-state index in [-0.39, 0.29) is 24.0 Å². The van der Waals surface area contributed by atoms with Gasteiger partial charge in [0, 0.05) is 26.7 Å². The highest BCUT2D eigenvalue weighted by atomic mass is 16.6. The predicted molar refractivity (Wildman–Crippen MR) is 122 cm³/mol. The lowest BCUT2D eigenvalue weighted by molar-refractivity contribution is -0.288. The van der Waals surface area contributed by atoms with Crippen molar-refractivity contribution in [3.05, 3.63) is 24.2 Å². The van der Waals surface area contributed by atoms with Crippen molar-refractivity contribution in [3.63, 3.8) is 0 Å². The van der Waals surface area contributed by atoms with E-state index in [1.807, 2.05) is 20.8 Å². The zero-order valence-corrected chi connectivity index (χ0v) is 21.5. The van der Waals surface area contributed by atoms with Crippen molar-refractivity contribution in [2.45, 2.75) is 90.3 Å². The third-order valence-electron chi connectivity index (χ3n) is 8.20. The zero-order valence-electron chi connectivity index (χ0n) is 21.5. The smallest absolute Gasteiger partial charge is 0.341 e. The quantitative estimate of drug-likeness (QED) is 0.419. The van der Waals surface area contributed by atoms with Gasteiger partial charge in [0.1, 0.15) is 30.5 Å². The molecule has 0 N–H and O–H groups in total. The predicted octanol–water partition coefficient (Wildman–Crippen LogP) is 3.22. The zero-order chi connectivity index (χ0) is 26.5. The Hall–Kier alpha value is -2.88. The summed E-state index contributed by atoms with van der Waals surface area (Å²) in [5.74, 6) is -2.76. The van der Waals surface area contributed by atoms with Crippen LogP contribution in [0.5, 0.6) is 0 Å². The van der Waals surface area contributed by atoms with Crippen LogP contribution in [0.3, 0.4) is 0 Å². The molecule has 0 unspecified atom stereocenters. The van der Waals surface area contributed by atoms with Gasteiger partial charge in [0.2, 0.25) is 0 Å². The van der Waals surface area contributed by atoms with E-state index in [1.54, 1.807) is 0 Å². The van der Waals surface area contributed by atoms with Crippen LogP contribution in [0, 0.1) is 17.3 Å². The van der Waals surface area contributed by atoms with E-state index in [2.05, 4.69) is 0 Å². The first kappa shape index (κ1) is 26.2. The second kappa shape index (κ2) is 9.21. The Labute approximate surface area is 209 Å². The number of hydrogen-bond acceptors (Lipinski definition) is 10. The Morgan fingerprint density at radius 2 is 1.69 bits per heavy atom. The van der Waals surface area contributed by atoms with Gasteiger partial charge in [-0.15, -0.1) is 0 Å². The Morgan fingerprint density at radius 1 is 1.00 bits per heavy atom. The molecule has 0 aromatic carbocycles. The molecule has 3 fully saturated rings. The molecule has 1 aliphatic heterocycles. The summed E-state index contributed by atoms with van der Waals surface area (Å²) in [6.45, 7) is 9.44. The van der Waals surface area contributed by atoms with E-state index >= 15 is 0 Å². The average Bonchev–Trinajstić information content (AvgIpc) is 3.38. The maximum absolute atomic E-state index is 13.3. The van der Waals surface area contributed by atoms with Crippen molar-refractivity contribution >= 4 is 23.9 Å². The highest BCUT2D eigenvalue weighted by Gasteiger charge is 2.79. The van der Waals surface area contributed by atoms with Crippen LogP contribution in [0.4, 0.5) is 0 Å². The van der Waals surface area contributed by atoms with Gasteiger partial charge in [-0.25, -0.2) is 4.79 Å². The second-order valence-electron chi connectivity index (χ2n) is 10.7. The normalized spacial score (nSPS) is 36.3. The Balaban J connectivity index is 1.95. The van der Waals surface area contributed by atoms with Crippen molar-refractivity contribution in [1.82, 2.24) is 0 Å². The van der Waals surface area contributed by atoms with Gasteiger partial charge in [-0.2, -0.15) is 0 Å². The van der Waals surface area contributed by atoms with Crippen molar-refractivity contribution < 1.29 is 47.3 Å². The largest absolute Gasteiger partial charge is 0.472 e. The fourth-order valence-electron chi connectivity index (χ4n) is 6.76. The van der Waals surface area contributed by atoms with Crippen LogP contribution in [-0.4, -0.2) is 60.0 Å². The molecule has 10 nitrogen and oxygen atoms in total. The van der Waals surface area contributed by atoms with Gasteiger partial charge in [0.05, 0.1) is 23.0 Å². The molecule has 1 aromatic rings. The number of ether oxygens (including phenoxy) is 5. The molecule has 7 atom stereocenters. The summed E-state index contributed by atoms with van der Waals surface area (Å²) in [7, 11) is 0. The molecule has 0 amide bonds. The average molecular weight is 507 g/mol. The van der Waals surface area contributed by atoms with Gasteiger partial charge in [-0.05, 0) is 45.1 Å². The highest BCUT2D eigenvalue weighted by molar-refractivity contribution is 5.89. The molecule has 1 saturated heterocycles. The van der Waals surface area contributed by atoms with E-state index in [9.17, 15) is 19.2 Å². The van der Waals surface area contributed by atoms with E-state index < -0.39 is 58.8 Å². The van der Waals surface area contributed by atoms with E-state index in [0.717, 1.165) is 0 Å². The highest BCUT2D eigenvalue weighted by Crippen LogP contribution is 2.67. The Bertz CT molecular complexity index is 1030. The maximum atomic E-state index is 13.3. The molecule has 2 bridgehead atoms. The SMILES string of the molecule is CC(=O)OC[C@@]12[C@@H](OC(C)=O)CC[C@@H](C)[C@@]13C[C@@H]([C@H](OC(C)=O)[C@@H]2OC(=O)c1ccoc1)C(C)(C)O3. The molecule has 2 saturated carbocycles. The van der Waals surface area contributed by atoms with Crippen LogP contribution in [-0.2, 0) is 38.1 Å². The summed E-state index contributed by atoms with van der Waals surface area (Å²) >= 11 is 0. The molecule has 198 valence electrons. The molecule has 0 radical (unpaired) electrons. The lowest BCUT2D eigenvalue weighted by Crippen LogP contribution is -2.74. The number of esters is 4. The number of furan rings is 1. The second-order valence-corrected chi connectivity index (χ2v) is 10.7. The van der Waals surface area contributed by atoms with Gasteiger partial charge in [0.25, 0.3) is 0 Å². The molecule has 3 aliphatic rings. The van der Waals surface area contributed by atoms with Crippen LogP contribution in [0.1, 0.15) is 71.2 Å². The van der Waals surface area contributed by atoms with Crippen molar-refractivity contribution in [2.24, 2.45) is 17.3 Å². The fourth-order valence-corrected chi connectivity index (χ4v) is 6.76. The van der Waals surface area contributed by atoms with E-state index in [4.69, 9.17) is 28.1 Å². The van der Waals surface area contributed by atoms with Gasteiger partial charge >= 0.3 is 23.9 Å². The van der Waals surface area contributed by atoms with Crippen LogP contribution in [0.25, 0.3) is 0 Å². The van der Waals surface area contributed by atoms with Crippen molar-refractivity contribution in [3.8, 4) is 0 Å². The Kier molecular flexibility index (Phi) is 6.70. The monoisotopic (exact) mass is 506 g/mol. The van der Waals surface area contributed by atoms with Gasteiger partial charge in [-0.1, -0.05) is 6.92 Å². The maximum Gasteiger partial charge on any atom is 0.341 e. The molecule has 36 heavy (non-hydrogen) atoms. The molecule has 1 aromatic heterocycles. The fraction of sp³-hybridized carbons (Fsp3) is 0.692. The summed E-state index contributed by atoms with van der Waals surface area (Å²) < 4.78 is 35.4. The summed E-state index contributed by atoms with van der Waals surface area (Å²) in [4.78, 5) is 50.0. The number of carbonyl (C=O) groups is 4. The summed E-state index contributed by atoms with van der Waals surface area (Å²) in [5.41, 5.74) is -2.96. The third kappa shape index (κ3) is 4.09. The first-order valence-corrected chi connectivity index (χ1v) is 12.2. The van der Waals surface area contributed by atoms with Crippen LogP contribution in [0.2, 0.25) is 0 Å². The van der Waals surface area contributed by atoms with E-state index in [0.29, 0.717) is 19.3 Å². The third-order valence-corrected chi connectivity index (χ3v) is 8.20. The summed E-state index contributed by atoms with van der Waals surface area (Å²) in [6.07, 6.45) is 1.21. The lowest BCUT2D eigenvalue weighted by atomic mass is 9.49. The number of rotatable bonds is 6. The number of carbonyl (C=O) groups excluding carboxylic acids is 4. The molecule has 1 spiro atoms. The standard InChI is InChI=1S/C26H34O10/c1-14-7-8-20(33-16(3)28)25(13-32-15(2)27)22(35-23(30)18-9-10-31-12-18)21(34-17(4)29)19-11-26(14,25)36-24(19,5)6/h9-10,12,14,19-22H,7-8,11,13H2,1-6H3/t14-,19+,20+,21+,22+,25+,26+/m1/s1. The molecular weight excluding hydrogens is 472 g/mol. The molecule has 10 heteroatoms. The van der Waals surface area contributed by atoms with Crippen molar-refractivity contribution in [2.75, 3.05) is 6.61 Å². The van der Waals surface area contributed by atoms with Gasteiger partial charge in [0.15, 0.2) is 6.10 Å². The van der Waals surface area contributed by atoms with Crippen LogP contribution < -0.4 is 0 Å². The van der Waals surface area contributed by atoms with Crippen LogP contribution >= 0.6 is 0 Å². The number of hydrogen-bond donors (Lipinski definition) is 0. The molecule has 2 heterocycles. The Morgan fingerprint density at radius 3 is 2.28 bits per heavy atom. The molecular formula is C26H34O10.